The van der Waals surface area contributed by atoms with Crippen molar-refractivity contribution < 1.29 is 13.2 Å². The fraction of sp³-hybridized carbons (Fsp3) is 0.533. The van der Waals surface area contributed by atoms with Gasteiger partial charge in [-0.2, -0.15) is 0 Å². The summed E-state index contributed by atoms with van der Waals surface area (Å²) in [5.41, 5.74) is 7.60. The third-order valence-corrected chi connectivity index (χ3v) is 4.17. The summed E-state index contributed by atoms with van der Waals surface area (Å²) in [7, 11) is -3.12. The molecule has 1 amide bonds. The van der Waals surface area contributed by atoms with E-state index in [-0.39, 0.29) is 29.5 Å². The van der Waals surface area contributed by atoms with E-state index in [0.717, 1.165) is 5.56 Å². The normalized spacial score (nSPS) is 13.2. The number of rotatable bonds is 4. The van der Waals surface area contributed by atoms with Crippen molar-refractivity contribution in [1.29, 1.82) is 0 Å². The second-order valence-electron chi connectivity index (χ2n) is 6.49. The smallest absolute Gasteiger partial charge is 0.241 e. The quantitative estimate of drug-likeness (QED) is 0.873. The first kappa shape index (κ1) is 20.9. The Morgan fingerprint density at radius 3 is 2.32 bits per heavy atom. The van der Waals surface area contributed by atoms with Crippen LogP contribution >= 0.6 is 12.4 Å². The molecule has 0 aliphatic carbocycles. The molecule has 1 aromatic carbocycles. The van der Waals surface area contributed by atoms with Crippen LogP contribution in [-0.4, -0.2) is 26.6 Å². The van der Waals surface area contributed by atoms with Crippen LogP contribution < -0.4 is 11.1 Å². The molecule has 0 aliphatic rings. The molecule has 1 rings (SSSR count). The number of nitrogens with one attached hydrogen (secondary N) is 1. The minimum absolute atomic E-state index is 0. The zero-order valence-corrected chi connectivity index (χ0v) is 15.3. The van der Waals surface area contributed by atoms with E-state index in [1.165, 1.54) is 6.26 Å². The number of halogens is 1. The third-order valence-electron chi connectivity index (χ3n) is 3.34. The van der Waals surface area contributed by atoms with Gasteiger partial charge >= 0.3 is 0 Å². The van der Waals surface area contributed by atoms with Gasteiger partial charge in [0.15, 0.2) is 9.84 Å². The van der Waals surface area contributed by atoms with Crippen molar-refractivity contribution in [3.8, 4) is 0 Å². The molecule has 3 N–H and O–H groups in total. The van der Waals surface area contributed by atoms with Crippen LogP contribution in [0, 0.1) is 12.3 Å². The summed E-state index contributed by atoms with van der Waals surface area (Å²) in [5.74, 6) is -0.324. The number of hydrogen-bond acceptors (Lipinski definition) is 4. The first-order valence-corrected chi connectivity index (χ1v) is 8.80. The van der Waals surface area contributed by atoms with Crippen LogP contribution in [0.3, 0.4) is 0 Å². The number of carbonyl (C=O) groups excluding carboxylic acids is 1. The number of amides is 1. The first-order chi connectivity index (χ1) is 9.42. The molecule has 22 heavy (non-hydrogen) atoms. The van der Waals surface area contributed by atoms with Crippen molar-refractivity contribution in [2.45, 2.75) is 39.5 Å². The molecule has 0 spiro atoms. The van der Waals surface area contributed by atoms with Crippen molar-refractivity contribution in [3.63, 3.8) is 0 Å². The van der Waals surface area contributed by atoms with Crippen LogP contribution in [0.5, 0.6) is 0 Å². The lowest BCUT2D eigenvalue weighted by Crippen LogP contribution is -2.45. The fourth-order valence-corrected chi connectivity index (χ4v) is 2.74. The van der Waals surface area contributed by atoms with Crippen LogP contribution in [0.4, 0.5) is 5.69 Å². The van der Waals surface area contributed by atoms with E-state index in [9.17, 15) is 13.2 Å². The van der Waals surface area contributed by atoms with E-state index >= 15 is 0 Å². The molecule has 0 saturated carbocycles. The van der Waals surface area contributed by atoms with Crippen molar-refractivity contribution >= 4 is 33.8 Å². The van der Waals surface area contributed by atoms with E-state index < -0.39 is 15.9 Å². The Morgan fingerprint density at radius 1 is 1.32 bits per heavy atom. The van der Waals surface area contributed by atoms with Gasteiger partial charge in [0.25, 0.3) is 0 Å². The number of benzene rings is 1. The van der Waals surface area contributed by atoms with E-state index in [2.05, 4.69) is 5.32 Å². The SMILES string of the molecule is Cc1c(CS(C)(=O)=O)cccc1NC(=O)[C@@H](N)C(C)(C)C.Cl. The molecule has 0 aromatic heterocycles. The summed E-state index contributed by atoms with van der Waals surface area (Å²) in [4.78, 5) is 12.2. The molecule has 0 aliphatic heterocycles. The van der Waals surface area contributed by atoms with Crippen molar-refractivity contribution in [1.82, 2.24) is 0 Å². The van der Waals surface area contributed by atoms with E-state index in [1.807, 2.05) is 20.8 Å². The van der Waals surface area contributed by atoms with E-state index in [0.29, 0.717) is 11.3 Å². The van der Waals surface area contributed by atoms with Crippen LogP contribution in [0.1, 0.15) is 31.9 Å². The zero-order chi connectivity index (χ0) is 16.4. The Kier molecular flexibility index (Phi) is 7.06. The molecule has 0 unspecified atom stereocenters. The Hall–Kier alpha value is -1.11. The molecule has 0 fully saturated rings. The Morgan fingerprint density at radius 2 is 1.86 bits per heavy atom. The molecule has 0 radical (unpaired) electrons. The summed E-state index contributed by atoms with van der Waals surface area (Å²) in [6.45, 7) is 7.47. The maximum atomic E-state index is 12.2. The van der Waals surface area contributed by atoms with Gasteiger partial charge in [0.2, 0.25) is 5.91 Å². The second-order valence-corrected chi connectivity index (χ2v) is 8.63. The molecule has 5 nitrogen and oxygen atoms in total. The number of hydrogen-bond donors (Lipinski definition) is 2. The summed E-state index contributed by atoms with van der Waals surface area (Å²) < 4.78 is 22.8. The average molecular weight is 349 g/mol. The van der Waals surface area contributed by atoms with Crippen LogP contribution in [0.25, 0.3) is 0 Å². The number of carbonyl (C=O) groups is 1. The van der Waals surface area contributed by atoms with E-state index in [4.69, 9.17) is 5.73 Å². The molecule has 0 heterocycles. The monoisotopic (exact) mass is 348 g/mol. The average Bonchev–Trinajstić information content (AvgIpc) is 2.30. The lowest BCUT2D eigenvalue weighted by Gasteiger charge is -2.26. The van der Waals surface area contributed by atoms with Crippen LogP contribution in [-0.2, 0) is 20.4 Å². The molecular formula is C15H25ClN2O3S. The maximum absolute atomic E-state index is 12.2. The van der Waals surface area contributed by atoms with Crippen molar-refractivity contribution in [2.75, 3.05) is 11.6 Å². The number of nitrogens with two attached hydrogens (primary N) is 1. The zero-order valence-electron chi connectivity index (χ0n) is 13.6. The highest BCUT2D eigenvalue weighted by Gasteiger charge is 2.27. The lowest BCUT2D eigenvalue weighted by molar-refractivity contribution is -0.119. The summed E-state index contributed by atoms with van der Waals surface area (Å²) >= 11 is 0. The Bertz CT molecular complexity index is 637. The lowest BCUT2D eigenvalue weighted by atomic mass is 9.87. The predicted octanol–water partition coefficient (Wildman–Crippen LogP) is 2.27. The van der Waals surface area contributed by atoms with Gasteiger partial charge < -0.3 is 11.1 Å². The largest absolute Gasteiger partial charge is 0.324 e. The van der Waals surface area contributed by atoms with Gasteiger partial charge in [-0.3, -0.25) is 4.79 Å². The van der Waals surface area contributed by atoms with Crippen molar-refractivity contribution in [2.24, 2.45) is 11.1 Å². The van der Waals surface area contributed by atoms with E-state index in [1.54, 1.807) is 25.1 Å². The highest BCUT2D eigenvalue weighted by molar-refractivity contribution is 7.89. The summed E-state index contributed by atoms with van der Waals surface area (Å²) in [5, 5.41) is 2.78. The molecule has 1 atom stereocenters. The number of sulfone groups is 1. The highest BCUT2D eigenvalue weighted by Crippen LogP contribution is 2.23. The Labute approximate surface area is 139 Å². The maximum Gasteiger partial charge on any atom is 0.241 e. The van der Waals surface area contributed by atoms with Crippen molar-refractivity contribution in [3.05, 3.63) is 29.3 Å². The topological polar surface area (TPSA) is 89.3 Å². The number of anilines is 1. The fourth-order valence-electron chi connectivity index (χ4n) is 1.86. The van der Waals surface area contributed by atoms with Gasteiger partial charge in [-0.25, -0.2) is 8.42 Å². The summed E-state index contributed by atoms with van der Waals surface area (Å²) in [6, 6.07) is 4.58. The first-order valence-electron chi connectivity index (χ1n) is 6.74. The van der Waals surface area contributed by atoms with Gasteiger partial charge in [0.05, 0.1) is 11.8 Å². The molecule has 0 saturated heterocycles. The molecule has 7 heteroatoms. The van der Waals surface area contributed by atoms with Gasteiger partial charge in [-0.1, -0.05) is 32.9 Å². The van der Waals surface area contributed by atoms with Crippen LogP contribution in [0.2, 0.25) is 0 Å². The highest BCUT2D eigenvalue weighted by atomic mass is 35.5. The van der Waals surface area contributed by atoms with Gasteiger partial charge in [0, 0.05) is 11.9 Å². The third kappa shape index (κ3) is 5.94. The Balaban J connectivity index is 0.00000441. The summed E-state index contributed by atoms with van der Waals surface area (Å²) in [6.07, 6.45) is 1.19. The molecular weight excluding hydrogens is 324 g/mol. The second kappa shape index (κ2) is 7.44. The van der Waals surface area contributed by atoms with Crippen LogP contribution in [0.15, 0.2) is 18.2 Å². The predicted molar refractivity (Wildman–Crippen MR) is 93.0 cm³/mol. The molecule has 1 aromatic rings. The van der Waals surface area contributed by atoms with Gasteiger partial charge in [-0.15, -0.1) is 12.4 Å². The molecule has 126 valence electrons. The standard InChI is InChI=1S/C15H24N2O3S.ClH/c1-10-11(9-21(5,19)20)7-6-8-12(10)17-14(18)13(16)15(2,3)4;/h6-8,13H,9,16H2,1-5H3,(H,17,18);1H/t13-;/m1./s1. The minimum Gasteiger partial charge on any atom is -0.324 e. The molecule has 0 bridgehead atoms. The van der Waals surface area contributed by atoms with Gasteiger partial charge in [0.1, 0.15) is 0 Å². The van der Waals surface area contributed by atoms with Gasteiger partial charge in [-0.05, 0) is 29.5 Å². The minimum atomic E-state index is -3.12.